The molecule has 4 heteroatoms. The second-order valence-electron chi connectivity index (χ2n) is 8.09. The van der Waals surface area contributed by atoms with E-state index in [1.807, 2.05) is 13.8 Å². The number of hydrogen-bond donors (Lipinski definition) is 1. The predicted octanol–water partition coefficient (Wildman–Crippen LogP) is 5.16. The molecule has 0 saturated heterocycles. The number of hydrogen-bond acceptors (Lipinski definition) is 3. The lowest BCUT2D eigenvalue weighted by molar-refractivity contribution is -0.0142. The third-order valence-electron chi connectivity index (χ3n) is 6.47. The average molecular weight is 408 g/mol. The molecule has 0 spiro atoms. The maximum atomic E-state index is 5.80. The fourth-order valence-corrected chi connectivity index (χ4v) is 6.20. The van der Waals surface area contributed by atoms with Crippen molar-refractivity contribution >= 4 is 15.9 Å². The van der Waals surface area contributed by atoms with E-state index in [4.69, 9.17) is 9.47 Å². The minimum atomic E-state index is 0.651. The first-order chi connectivity index (χ1) is 12.2. The minimum Gasteiger partial charge on any atom is -0.490 e. The molecule has 0 atom stereocenters. The molecule has 1 N–H and O–H groups in total. The molecule has 1 aromatic rings. The number of rotatable bonds is 7. The quantitative estimate of drug-likeness (QED) is 0.676. The Kier molecular flexibility index (Phi) is 5.28. The van der Waals surface area contributed by atoms with Gasteiger partial charge in [-0.15, -0.1) is 0 Å². The number of nitrogens with one attached hydrogen (secondary N) is 1. The minimum absolute atomic E-state index is 0.651. The third kappa shape index (κ3) is 3.57. The molecule has 4 saturated carbocycles. The van der Waals surface area contributed by atoms with Gasteiger partial charge in [-0.25, -0.2) is 0 Å². The van der Waals surface area contributed by atoms with E-state index in [9.17, 15) is 0 Å². The van der Waals surface area contributed by atoms with Crippen LogP contribution >= 0.6 is 15.9 Å². The highest BCUT2D eigenvalue weighted by atomic mass is 79.9. The van der Waals surface area contributed by atoms with E-state index in [1.54, 1.807) is 0 Å². The monoisotopic (exact) mass is 407 g/mol. The van der Waals surface area contributed by atoms with Gasteiger partial charge in [0.05, 0.1) is 13.2 Å². The van der Waals surface area contributed by atoms with Crippen LogP contribution < -0.4 is 14.8 Å². The Labute approximate surface area is 160 Å². The lowest BCUT2D eigenvalue weighted by atomic mass is 9.54. The van der Waals surface area contributed by atoms with Gasteiger partial charge in [-0.1, -0.05) is 15.9 Å². The Morgan fingerprint density at radius 1 is 0.920 bits per heavy atom. The smallest absolute Gasteiger partial charge is 0.162 e. The van der Waals surface area contributed by atoms with Gasteiger partial charge in [0.15, 0.2) is 11.5 Å². The molecular weight excluding hydrogens is 378 g/mol. The van der Waals surface area contributed by atoms with Gasteiger partial charge < -0.3 is 14.8 Å². The van der Waals surface area contributed by atoms with Crippen molar-refractivity contribution in [3.05, 3.63) is 22.2 Å². The van der Waals surface area contributed by atoms with E-state index in [-0.39, 0.29) is 0 Å². The van der Waals surface area contributed by atoms with E-state index in [1.165, 1.54) is 37.7 Å². The molecule has 5 rings (SSSR count). The highest BCUT2D eigenvalue weighted by molar-refractivity contribution is 9.10. The molecule has 0 aliphatic heterocycles. The molecule has 25 heavy (non-hydrogen) atoms. The molecule has 0 radical (unpaired) electrons. The van der Waals surface area contributed by atoms with E-state index in [0.717, 1.165) is 46.2 Å². The van der Waals surface area contributed by atoms with Gasteiger partial charge in [-0.05, 0) is 87.3 Å². The summed E-state index contributed by atoms with van der Waals surface area (Å²) in [7, 11) is 0. The molecule has 0 unspecified atom stereocenters. The van der Waals surface area contributed by atoms with Crippen LogP contribution in [0.5, 0.6) is 11.5 Å². The summed E-state index contributed by atoms with van der Waals surface area (Å²) in [6.45, 7) is 6.23. The van der Waals surface area contributed by atoms with Gasteiger partial charge in [0, 0.05) is 17.1 Å². The summed E-state index contributed by atoms with van der Waals surface area (Å²) in [5, 5.41) is 3.92. The van der Waals surface area contributed by atoms with Crippen molar-refractivity contribution in [1.82, 2.24) is 5.32 Å². The second kappa shape index (κ2) is 7.48. The van der Waals surface area contributed by atoms with Gasteiger partial charge in [-0.2, -0.15) is 0 Å². The summed E-state index contributed by atoms with van der Waals surface area (Å²) in [5.41, 5.74) is 1.26. The van der Waals surface area contributed by atoms with Crippen molar-refractivity contribution < 1.29 is 9.47 Å². The Balaban J connectivity index is 1.46. The molecule has 1 aromatic carbocycles. The first-order valence-corrected chi connectivity index (χ1v) is 10.8. The fraction of sp³-hybridized carbons (Fsp3) is 0.714. The van der Waals surface area contributed by atoms with Crippen molar-refractivity contribution in [3.63, 3.8) is 0 Å². The number of halogens is 1. The Morgan fingerprint density at radius 3 is 2.04 bits per heavy atom. The van der Waals surface area contributed by atoms with E-state index in [0.29, 0.717) is 19.3 Å². The van der Waals surface area contributed by atoms with E-state index < -0.39 is 0 Å². The van der Waals surface area contributed by atoms with Crippen molar-refractivity contribution in [3.8, 4) is 11.5 Å². The summed E-state index contributed by atoms with van der Waals surface area (Å²) in [6, 6.07) is 4.91. The number of benzene rings is 1. The molecule has 4 aliphatic rings. The summed E-state index contributed by atoms with van der Waals surface area (Å²) in [4.78, 5) is 0. The first kappa shape index (κ1) is 17.7. The van der Waals surface area contributed by atoms with Crippen molar-refractivity contribution in [1.29, 1.82) is 0 Å². The summed E-state index contributed by atoms with van der Waals surface area (Å²) in [5.74, 6) is 5.56. The average Bonchev–Trinajstić information content (AvgIpc) is 2.57. The van der Waals surface area contributed by atoms with Crippen LogP contribution in [0.2, 0.25) is 0 Å². The molecule has 4 fully saturated rings. The van der Waals surface area contributed by atoms with Crippen LogP contribution in [0, 0.1) is 23.7 Å². The van der Waals surface area contributed by atoms with Crippen LogP contribution in [-0.4, -0.2) is 19.3 Å². The maximum absolute atomic E-state index is 5.80. The van der Waals surface area contributed by atoms with Crippen molar-refractivity contribution in [2.24, 2.45) is 23.7 Å². The summed E-state index contributed by atoms with van der Waals surface area (Å²) < 4.78 is 12.6. The zero-order valence-electron chi connectivity index (χ0n) is 15.4. The largest absolute Gasteiger partial charge is 0.490 e. The first-order valence-electron chi connectivity index (χ1n) is 9.99. The molecule has 138 valence electrons. The molecule has 0 aromatic heterocycles. The Morgan fingerprint density at radius 2 is 1.48 bits per heavy atom. The molecule has 0 heterocycles. The van der Waals surface area contributed by atoms with Crippen LogP contribution in [0.1, 0.15) is 51.5 Å². The normalized spacial score (nSPS) is 32.8. The van der Waals surface area contributed by atoms with Crippen LogP contribution in [0.3, 0.4) is 0 Å². The van der Waals surface area contributed by atoms with Crippen LogP contribution in [-0.2, 0) is 6.54 Å². The van der Waals surface area contributed by atoms with Gasteiger partial charge >= 0.3 is 0 Å². The van der Waals surface area contributed by atoms with Gasteiger partial charge in [0.25, 0.3) is 0 Å². The van der Waals surface area contributed by atoms with Crippen LogP contribution in [0.25, 0.3) is 0 Å². The lowest BCUT2D eigenvalue weighted by Gasteiger charge is -2.54. The standard InChI is InChI=1S/C21H30BrNO2/c1-3-24-19-10-17(18(22)11-20(19)25-4-2)12-23-21-15-6-13-5-14(8-15)9-16(21)7-13/h10-11,13-16,21,23H,3-9,12H2,1-2H3. The van der Waals surface area contributed by atoms with Crippen LogP contribution in [0.4, 0.5) is 0 Å². The summed E-state index contributed by atoms with van der Waals surface area (Å²) in [6.07, 6.45) is 7.35. The summed E-state index contributed by atoms with van der Waals surface area (Å²) >= 11 is 3.73. The highest BCUT2D eigenvalue weighted by Crippen LogP contribution is 2.53. The van der Waals surface area contributed by atoms with Gasteiger partial charge in [0.2, 0.25) is 0 Å². The molecule has 4 aliphatic carbocycles. The van der Waals surface area contributed by atoms with Gasteiger partial charge in [0.1, 0.15) is 0 Å². The van der Waals surface area contributed by atoms with Crippen molar-refractivity contribution in [2.45, 2.75) is 58.5 Å². The Bertz CT molecular complexity index is 590. The highest BCUT2D eigenvalue weighted by Gasteiger charge is 2.47. The molecule has 0 amide bonds. The zero-order valence-corrected chi connectivity index (χ0v) is 17.0. The van der Waals surface area contributed by atoms with E-state index in [2.05, 4.69) is 33.4 Å². The SMILES string of the molecule is CCOc1cc(Br)c(CNC2C3CC4CC(C3)CC2C4)cc1OCC. The van der Waals surface area contributed by atoms with Gasteiger partial charge in [-0.3, -0.25) is 0 Å². The molecular formula is C21H30BrNO2. The zero-order chi connectivity index (χ0) is 17.4. The predicted molar refractivity (Wildman–Crippen MR) is 104 cm³/mol. The Hall–Kier alpha value is -0.740. The topological polar surface area (TPSA) is 30.5 Å². The molecule has 4 bridgehead atoms. The third-order valence-corrected chi connectivity index (χ3v) is 7.21. The van der Waals surface area contributed by atoms with Crippen LogP contribution in [0.15, 0.2) is 16.6 Å². The lowest BCUT2D eigenvalue weighted by Crippen LogP contribution is -2.54. The maximum Gasteiger partial charge on any atom is 0.162 e. The fourth-order valence-electron chi connectivity index (χ4n) is 5.74. The second-order valence-corrected chi connectivity index (χ2v) is 8.95. The van der Waals surface area contributed by atoms with Crippen molar-refractivity contribution in [2.75, 3.05) is 13.2 Å². The number of ether oxygens (including phenoxy) is 2. The molecule has 3 nitrogen and oxygen atoms in total. The van der Waals surface area contributed by atoms with E-state index >= 15 is 0 Å².